The molecule has 1 N–H and O–H groups in total. The Kier molecular flexibility index (Phi) is 4.59. The third-order valence-corrected chi connectivity index (χ3v) is 3.63. The lowest BCUT2D eigenvalue weighted by Crippen LogP contribution is -2.33. The molecular formula is C15H13NO4S. The van der Waals surface area contributed by atoms with Gasteiger partial charge < -0.3 is 5.11 Å². The Hall–Kier alpha value is -2.34. The van der Waals surface area contributed by atoms with Gasteiger partial charge in [0.2, 0.25) is 0 Å². The molecule has 6 heteroatoms. The van der Waals surface area contributed by atoms with Crippen LogP contribution in [0.5, 0.6) is 0 Å². The van der Waals surface area contributed by atoms with Crippen LogP contribution in [0.4, 0.5) is 4.79 Å². The van der Waals surface area contributed by atoms with Crippen molar-refractivity contribution in [1.82, 2.24) is 4.90 Å². The zero-order chi connectivity index (χ0) is 15.4. The summed E-state index contributed by atoms with van der Waals surface area (Å²) < 4.78 is 0. The lowest BCUT2D eigenvalue weighted by Gasteiger charge is -2.07. The number of allylic oxidation sites excluding steroid dienone is 2. The Morgan fingerprint density at radius 2 is 1.95 bits per heavy atom. The van der Waals surface area contributed by atoms with E-state index in [0.717, 1.165) is 27.8 Å². The molecule has 0 saturated carbocycles. The largest absolute Gasteiger partial charge is 0.480 e. The van der Waals surface area contributed by atoms with Crippen LogP contribution in [-0.2, 0) is 9.59 Å². The first-order valence-electron chi connectivity index (χ1n) is 6.18. The summed E-state index contributed by atoms with van der Waals surface area (Å²) in [5, 5.41) is 8.13. The minimum atomic E-state index is -1.21. The van der Waals surface area contributed by atoms with Gasteiger partial charge in [-0.15, -0.1) is 0 Å². The molecule has 1 aliphatic heterocycles. The molecule has 1 aromatic carbocycles. The Balaban J connectivity index is 2.18. The van der Waals surface area contributed by atoms with E-state index in [0.29, 0.717) is 0 Å². The van der Waals surface area contributed by atoms with Crippen molar-refractivity contribution in [2.75, 3.05) is 6.54 Å². The van der Waals surface area contributed by atoms with Gasteiger partial charge in [0.1, 0.15) is 6.54 Å². The number of hydrogen-bond acceptors (Lipinski definition) is 4. The van der Waals surface area contributed by atoms with Crippen molar-refractivity contribution in [3.8, 4) is 0 Å². The number of hydrogen-bond donors (Lipinski definition) is 1. The van der Waals surface area contributed by atoms with Crippen molar-refractivity contribution >= 4 is 35.0 Å². The summed E-state index contributed by atoms with van der Waals surface area (Å²) in [5.74, 6) is -1.77. The third-order valence-electron chi connectivity index (χ3n) is 2.72. The minimum absolute atomic E-state index is 0.242. The quantitative estimate of drug-likeness (QED) is 0.866. The van der Waals surface area contributed by atoms with Gasteiger partial charge in [0.15, 0.2) is 0 Å². The zero-order valence-electron chi connectivity index (χ0n) is 11.3. The molecule has 1 aromatic rings. The highest BCUT2D eigenvalue weighted by atomic mass is 32.2. The van der Waals surface area contributed by atoms with Gasteiger partial charge >= 0.3 is 5.97 Å². The molecule has 1 heterocycles. The third kappa shape index (κ3) is 3.82. The molecule has 0 bridgehead atoms. The van der Waals surface area contributed by atoms with Crippen LogP contribution in [0.2, 0.25) is 0 Å². The van der Waals surface area contributed by atoms with E-state index in [1.807, 2.05) is 43.3 Å². The van der Waals surface area contributed by atoms with E-state index in [2.05, 4.69) is 0 Å². The number of thioether (sulfide) groups is 1. The number of carboxylic acids is 1. The van der Waals surface area contributed by atoms with Gasteiger partial charge in [-0.05, 0) is 35.9 Å². The summed E-state index contributed by atoms with van der Waals surface area (Å²) in [7, 11) is 0. The van der Waals surface area contributed by atoms with Gasteiger partial charge in [-0.3, -0.25) is 19.3 Å². The van der Waals surface area contributed by atoms with Crippen molar-refractivity contribution in [3.63, 3.8) is 0 Å². The number of amides is 2. The standard InChI is InChI=1S/C15H13NO4S/c1-10(7-11-5-3-2-4-6-11)8-12-14(19)16(9-13(17)18)15(20)21-12/h2-8H,9H2,1H3,(H,17,18)/b10-7+,12-8+. The molecule has 108 valence electrons. The number of rotatable bonds is 4. The van der Waals surface area contributed by atoms with Gasteiger partial charge in [-0.2, -0.15) is 0 Å². The molecule has 0 aromatic heterocycles. The number of carbonyl (C=O) groups is 3. The fourth-order valence-electron chi connectivity index (χ4n) is 1.83. The van der Waals surface area contributed by atoms with Crippen molar-refractivity contribution < 1.29 is 19.5 Å². The molecule has 2 amide bonds. The first-order valence-corrected chi connectivity index (χ1v) is 6.99. The second-order valence-electron chi connectivity index (χ2n) is 4.46. The fraction of sp³-hybridized carbons (Fsp3) is 0.133. The minimum Gasteiger partial charge on any atom is -0.480 e. The van der Waals surface area contributed by atoms with Crippen LogP contribution in [0.1, 0.15) is 12.5 Å². The maximum Gasteiger partial charge on any atom is 0.323 e. The molecule has 0 spiro atoms. The van der Waals surface area contributed by atoms with Crippen molar-refractivity contribution in [2.45, 2.75) is 6.92 Å². The smallest absolute Gasteiger partial charge is 0.323 e. The number of nitrogens with zero attached hydrogens (tertiary/aromatic N) is 1. The number of carbonyl (C=O) groups excluding carboxylic acids is 2. The first kappa shape index (κ1) is 15.1. The molecule has 0 atom stereocenters. The van der Waals surface area contributed by atoms with Crippen LogP contribution in [0, 0.1) is 0 Å². The second-order valence-corrected chi connectivity index (χ2v) is 5.45. The predicted molar refractivity (Wildman–Crippen MR) is 80.5 cm³/mol. The normalized spacial score (nSPS) is 17.7. The number of benzene rings is 1. The Bertz CT molecular complexity index is 649. The zero-order valence-corrected chi connectivity index (χ0v) is 12.1. The van der Waals surface area contributed by atoms with Crippen LogP contribution in [-0.4, -0.2) is 33.7 Å². The number of carboxylic acid groups (broad SMARTS) is 1. The van der Waals surface area contributed by atoms with E-state index >= 15 is 0 Å². The van der Waals surface area contributed by atoms with Crippen LogP contribution in [0.3, 0.4) is 0 Å². The van der Waals surface area contributed by atoms with E-state index in [9.17, 15) is 14.4 Å². The number of aliphatic carboxylic acids is 1. The van der Waals surface area contributed by atoms with Crippen LogP contribution >= 0.6 is 11.8 Å². The van der Waals surface area contributed by atoms with E-state index in [1.54, 1.807) is 6.08 Å². The highest BCUT2D eigenvalue weighted by Crippen LogP contribution is 2.31. The van der Waals surface area contributed by atoms with E-state index in [-0.39, 0.29) is 4.91 Å². The average Bonchev–Trinajstić information content (AvgIpc) is 2.67. The van der Waals surface area contributed by atoms with Crippen LogP contribution < -0.4 is 0 Å². The fourth-order valence-corrected chi connectivity index (χ4v) is 2.72. The Labute approximate surface area is 125 Å². The summed E-state index contributed by atoms with van der Waals surface area (Å²) in [6, 6.07) is 9.56. The highest BCUT2D eigenvalue weighted by molar-refractivity contribution is 8.18. The summed E-state index contributed by atoms with van der Waals surface area (Å²) in [4.78, 5) is 35.2. The molecule has 21 heavy (non-hydrogen) atoms. The lowest BCUT2D eigenvalue weighted by atomic mass is 10.1. The SMILES string of the molecule is CC(=C\c1ccccc1)/C=C1/SC(=O)N(CC(=O)O)C1=O. The molecule has 0 aliphatic carbocycles. The average molecular weight is 303 g/mol. The molecule has 0 radical (unpaired) electrons. The van der Waals surface area contributed by atoms with Crippen molar-refractivity contribution in [2.24, 2.45) is 0 Å². The summed E-state index contributed by atoms with van der Waals surface area (Å²) >= 11 is 0.757. The van der Waals surface area contributed by atoms with Crippen molar-refractivity contribution in [3.05, 3.63) is 52.4 Å². The molecule has 1 saturated heterocycles. The summed E-state index contributed by atoms with van der Waals surface area (Å²) in [6.45, 7) is 1.21. The first-order chi connectivity index (χ1) is 9.97. The molecule has 1 fully saturated rings. The van der Waals surface area contributed by atoms with E-state index in [1.165, 1.54) is 0 Å². The predicted octanol–water partition coefficient (Wildman–Crippen LogP) is 2.75. The number of imide groups is 1. The topological polar surface area (TPSA) is 74.7 Å². The molecule has 0 unspecified atom stereocenters. The van der Waals surface area contributed by atoms with Gasteiger partial charge in [-0.25, -0.2) is 0 Å². The Morgan fingerprint density at radius 3 is 2.57 bits per heavy atom. The molecule has 5 nitrogen and oxygen atoms in total. The van der Waals surface area contributed by atoms with E-state index < -0.39 is 23.7 Å². The molecule has 2 rings (SSSR count). The lowest BCUT2D eigenvalue weighted by molar-refractivity contribution is -0.140. The van der Waals surface area contributed by atoms with Gasteiger partial charge in [0.25, 0.3) is 11.1 Å². The highest BCUT2D eigenvalue weighted by Gasteiger charge is 2.36. The molecular weight excluding hydrogens is 290 g/mol. The monoisotopic (exact) mass is 303 g/mol. The van der Waals surface area contributed by atoms with Gasteiger partial charge in [-0.1, -0.05) is 36.4 Å². The maximum absolute atomic E-state index is 12.0. The second kappa shape index (κ2) is 6.41. The van der Waals surface area contributed by atoms with Gasteiger partial charge in [0.05, 0.1) is 4.91 Å². The Morgan fingerprint density at radius 1 is 1.29 bits per heavy atom. The summed E-state index contributed by atoms with van der Waals surface area (Å²) in [6.07, 6.45) is 3.48. The molecule has 1 aliphatic rings. The van der Waals surface area contributed by atoms with Crippen LogP contribution in [0.15, 0.2) is 46.9 Å². The van der Waals surface area contributed by atoms with Gasteiger partial charge in [0, 0.05) is 0 Å². The summed E-state index contributed by atoms with van der Waals surface area (Å²) in [5.41, 5.74) is 1.79. The van der Waals surface area contributed by atoms with Crippen LogP contribution in [0.25, 0.3) is 6.08 Å². The van der Waals surface area contributed by atoms with Crippen molar-refractivity contribution in [1.29, 1.82) is 0 Å². The van der Waals surface area contributed by atoms with E-state index in [4.69, 9.17) is 5.11 Å². The maximum atomic E-state index is 12.0.